The van der Waals surface area contributed by atoms with Gasteiger partial charge in [0.05, 0.1) is 11.6 Å². The first-order valence-electron chi connectivity index (χ1n) is 6.32. The molecule has 0 saturated carbocycles. The zero-order valence-corrected chi connectivity index (χ0v) is 13.5. The van der Waals surface area contributed by atoms with Crippen LogP contribution in [0, 0.1) is 5.82 Å². The minimum Gasteiger partial charge on any atom is -0.465 e. The number of hydrogen-bond donors (Lipinski definition) is 0. The zero-order chi connectivity index (χ0) is 16.2. The summed E-state index contributed by atoms with van der Waals surface area (Å²) in [6.07, 6.45) is 0. The Morgan fingerprint density at radius 3 is 2.52 bits per heavy atom. The van der Waals surface area contributed by atoms with Gasteiger partial charge in [0.25, 0.3) is 0 Å². The molecule has 8 heteroatoms. The van der Waals surface area contributed by atoms with Crippen molar-refractivity contribution in [1.29, 1.82) is 0 Å². The van der Waals surface area contributed by atoms with E-state index in [9.17, 15) is 17.6 Å². The minimum absolute atomic E-state index is 0.155. The van der Waals surface area contributed by atoms with Crippen LogP contribution in [-0.2, 0) is 19.6 Å². The van der Waals surface area contributed by atoms with Gasteiger partial charge in [-0.1, -0.05) is 11.6 Å². The second-order valence-electron chi connectivity index (χ2n) is 4.52. The van der Waals surface area contributed by atoms with Crippen molar-refractivity contribution >= 4 is 27.6 Å². The van der Waals surface area contributed by atoms with Crippen LogP contribution in [0.15, 0.2) is 23.1 Å². The Labute approximate surface area is 128 Å². The van der Waals surface area contributed by atoms with E-state index in [-0.39, 0.29) is 16.5 Å². The smallest absolute Gasteiger partial charge is 0.321 e. The molecule has 1 aromatic carbocycles. The van der Waals surface area contributed by atoms with Crippen molar-refractivity contribution in [3.8, 4) is 0 Å². The molecule has 0 spiro atoms. The lowest BCUT2D eigenvalue weighted by Gasteiger charge is -2.25. The molecule has 0 amide bonds. The van der Waals surface area contributed by atoms with Gasteiger partial charge in [0.2, 0.25) is 10.0 Å². The third-order valence-electron chi connectivity index (χ3n) is 2.65. The van der Waals surface area contributed by atoms with Gasteiger partial charge in [-0.15, -0.1) is 0 Å². The molecule has 0 N–H and O–H groups in total. The molecule has 0 aliphatic heterocycles. The predicted octanol–water partition coefficient (Wildman–Crippen LogP) is 2.44. The molecule has 0 aromatic heterocycles. The second kappa shape index (κ2) is 7.20. The average Bonchev–Trinajstić information content (AvgIpc) is 2.35. The highest BCUT2D eigenvalue weighted by atomic mass is 35.5. The first-order valence-corrected chi connectivity index (χ1v) is 8.14. The van der Waals surface area contributed by atoms with Gasteiger partial charge < -0.3 is 4.74 Å². The van der Waals surface area contributed by atoms with Gasteiger partial charge in [-0.2, -0.15) is 4.31 Å². The molecule has 0 saturated heterocycles. The van der Waals surface area contributed by atoms with Crippen molar-refractivity contribution in [3.05, 3.63) is 29.0 Å². The van der Waals surface area contributed by atoms with Gasteiger partial charge in [0.1, 0.15) is 17.3 Å². The first-order chi connectivity index (χ1) is 9.70. The summed E-state index contributed by atoms with van der Waals surface area (Å²) in [6, 6.07) is 2.51. The summed E-state index contributed by atoms with van der Waals surface area (Å²) in [6.45, 7) is 4.59. The number of carbonyl (C=O) groups is 1. The zero-order valence-electron chi connectivity index (χ0n) is 12.0. The number of rotatable bonds is 6. The molecule has 0 aliphatic carbocycles. The fraction of sp³-hybridized carbons (Fsp3) is 0.462. The number of ether oxygens (including phenoxy) is 1. The highest BCUT2D eigenvalue weighted by molar-refractivity contribution is 7.89. The van der Waals surface area contributed by atoms with Gasteiger partial charge in [-0.25, -0.2) is 12.8 Å². The molecule has 1 aromatic rings. The summed E-state index contributed by atoms with van der Waals surface area (Å²) in [5.41, 5.74) is 0. The molecule has 118 valence electrons. The largest absolute Gasteiger partial charge is 0.465 e. The van der Waals surface area contributed by atoms with E-state index in [1.165, 1.54) is 0 Å². The Balaban J connectivity index is 3.19. The molecule has 0 atom stereocenters. The van der Waals surface area contributed by atoms with Crippen LogP contribution in [0.3, 0.4) is 0 Å². The average molecular weight is 338 g/mol. The van der Waals surface area contributed by atoms with Gasteiger partial charge >= 0.3 is 5.97 Å². The Morgan fingerprint density at radius 1 is 1.43 bits per heavy atom. The fourth-order valence-corrected chi connectivity index (χ4v) is 3.78. The lowest BCUT2D eigenvalue weighted by Crippen LogP contribution is -2.41. The fourth-order valence-electron chi connectivity index (χ4n) is 1.69. The van der Waals surface area contributed by atoms with Crippen molar-refractivity contribution in [2.45, 2.75) is 31.7 Å². The summed E-state index contributed by atoms with van der Waals surface area (Å²) in [5.74, 6) is -1.30. The van der Waals surface area contributed by atoms with Crippen molar-refractivity contribution in [2.24, 2.45) is 0 Å². The maximum Gasteiger partial charge on any atom is 0.321 e. The predicted molar refractivity (Wildman–Crippen MR) is 77.1 cm³/mol. The first kappa shape index (κ1) is 17.9. The van der Waals surface area contributed by atoms with E-state index in [0.717, 1.165) is 22.5 Å². The Hall–Kier alpha value is -1.18. The van der Waals surface area contributed by atoms with Crippen molar-refractivity contribution in [1.82, 2.24) is 4.31 Å². The molecule has 1 rings (SSSR count). The van der Waals surface area contributed by atoms with E-state index in [1.807, 2.05) is 0 Å². The van der Waals surface area contributed by atoms with Crippen LogP contribution in [0.25, 0.3) is 0 Å². The van der Waals surface area contributed by atoms with E-state index in [4.69, 9.17) is 16.3 Å². The molecular weight excluding hydrogens is 321 g/mol. The third kappa shape index (κ3) is 4.39. The number of esters is 1. The van der Waals surface area contributed by atoms with Gasteiger partial charge in [0, 0.05) is 6.04 Å². The standard InChI is InChI=1S/C13H17ClFNO4S/c1-4-20-13(17)8-16(9(2)3)21(18,19)12-6-5-10(15)7-11(12)14/h5-7,9H,4,8H2,1-3H3. The quantitative estimate of drug-likeness (QED) is 0.748. The van der Waals surface area contributed by atoms with Crippen LogP contribution in [-0.4, -0.2) is 37.9 Å². The number of halogens is 2. The second-order valence-corrected chi connectivity index (χ2v) is 6.79. The number of carbonyl (C=O) groups excluding carboxylic acids is 1. The van der Waals surface area contributed by atoms with Crippen LogP contribution in [0.2, 0.25) is 5.02 Å². The monoisotopic (exact) mass is 337 g/mol. The molecule has 0 fully saturated rings. The van der Waals surface area contributed by atoms with E-state index >= 15 is 0 Å². The SMILES string of the molecule is CCOC(=O)CN(C(C)C)S(=O)(=O)c1ccc(F)cc1Cl. The van der Waals surface area contributed by atoms with Crippen LogP contribution >= 0.6 is 11.6 Å². The van der Waals surface area contributed by atoms with Crippen LogP contribution < -0.4 is 0 Å². The molecule has 0 heterocycles. The van der Waals surface area contributed by atoms with Gasteiger partial charge in [-0.3, -0.25) is 4.79 Å². The third-order valence-corrected chi connectivity index (χ3v) is 5.15. The number of benzene rings is 1. The topological polar surface area (TPSA) is 63.7 Å². The summed E-state index contributed by atoms with van der Waals surface area (Å²) >= 11 is 5.80. The number of hydrogen-bond acceptors (Lipinski definition) is 4. The van der Waals surface area contributed by atoms with Crippen molar-refractivity contribution < 1.29 is 22.3 Å². The lowest BCUT2D eigenvalue weighted by molar-refractivity contribution is -0.143. The van der Waals surface area contributed by atoms with Crippen molar-refractivity contribution in [3.63, 3.8) is 0 Å². The Morgan fingerprint density at radius 2 is 2.05 bits per heavy atom. The van der Waals surface area contributed by atoms with Crippen LogP contribution in [0.1, 0.15) is 20.8 Å². The van der Waals surface area contributed by atoms with E-state index < -0.39 is 34.4 Å². The summed E-state index contributed by atoms with van der Waals surface area (Å²) in [7, 11) is -4.03. The summed E-state index contributed by atoms with van der Waals surface area (Å²) in [4.78, 5) is 11.3. The van der Waals surface area contributed by atoms with Crippen LogP contribution in [0.4, 0.5) is 4.39 Å². The molecule has 0 bridgehead atoms. The minimum atomic E-state index is -4.03. The summed E-state index contributed by atoms with van der Waals surface area (Å²) in [5, 5.41) is -0.232. The number of sulfonamides is 1. The Bertz CT molecular complexity index is 619. The highest BCUT2D eigenvalue weighted by Gasteiger charge is 2.31. The molecular formula is C13H17ClFNO4S. The van der Waals surface area contributed by atoms with Gasteiger partial charge in [0.15, 0.2) is 0 Å². The van der Waals surface area contributed by atoms with E-state index in [0.29, 0.717) is 0 Å². The highest BCUT2D eigenvalue weighted by Crippen LogP contribution is 2.26. The van der Waals surface area contributed by atoms with Crippen molar-refractivity contribution in [2.75, 3.05) is 13.2 Å². The van der Waals surface area contributed by atoms with E-state index in [1.54, 1.807) is 20.8 Å². The Kier molecular flexibility index (Phi) is 6.12. The molecule has 0 aliphatic rings. The van der Waals surface area contributed by atoms with Gasteiger partial charge in [-0.05, 0) is 39.0 Å². The maximum atomic E-state index is 13.0. The van der Waals surface area contributed by atoms with Crippen LogP contribution in [0.5, 0.6) is 0 Å². The maximum absolute atomic E-state index is 13.0. The normalized spacial score (nSPS) is 12.0. The molecule has 5 nitrogen and oxygen atoms in total. The summed E-state index contributed by atoms with van der Waals surface area (Å²) < 4.78 is 43.9. The lowest BCUT2D eigenvalue weighted by atomic mass is 10.3. The molecule has 21 heavy (non-hydrogen) atoms. The van der Waals surface area contributed by atoms with E-state index in [2.05, 4.69) is 0 Å². The molecule has 0 unspecified atom stereocenters. The molecule has 0 radical (unpaired) electrons. The number of nitrogens with zero attached hydrogens (tertiary/aromatic N) is 1.